The van der Waals surface area contributed by atoms with Crippen molar-refractivity contribution in [3.8, 4) is 0 Å². The van der Waals surface area contributed by atoms with Crippen LogP contribution in [0.15, 0.2) is 18.3 Å². The van der Waals surface area contributed by atoms with Gasteiger partial charge in [0.2, 0.25) is 0 Å². The second-order valence-electron chi connectivity index (χ2n) is 5.98. The maximum Gasteiger partial charge on any atom is 0.255 e. The number of ether oxygens (including phenoxy) is 1. The van der Waals surface area contributed by atoms with Gasteiger partial charge in [-0.3, -0.25) is 4.79 Å². The highest BCUT2D eigenvalue weighted by atomic mass is 35.5. The van der Waals surface area contributed by atoms with Crippen LogP contribution in [0.25, 0.3) is 0 Å². The molecule has 2 fully saturated rings. The van der Waals surface area contributed by atoms with Gasteiger partial charge in [0.05, 0.1) is 18.8 Å². The van der Waals surface area contributed by atoms with E-state index in [1.54, 1.807) is 6.20 Å². The van der Waals surface area contributed by atoms with Crippen molar-refractivity contribution < 1.29 is 9.53 Å². The van der Waals surface area contributed by atoms with E-state index in [9.17, 15) is 4.79 Å². The normalized spacial score (nSPS) is 23.1. The van der Waals surface area contributed by atoms with Crippen LogP contribution in [0.3, 0.4) is 0 Å². The van der Waals surface area contributed by atoms with Crippen molar-refractivity contribution in [2.75, 3.05) is 37.7 Å². The Labute approximate surface area is 155 Å². The van der Waals surface area contributed by atoms with E-state index in [4.69, 9.17) is 10.5 Å². The van der Waals surface area contributed by atoms with Crippen molar-refractivity contribution in [3.05, 3.63) is 23.9 Å². The van der Waals surface area contributed by atoms with Gasteiger partial charge in [0.1, 0.15) is 5.82 Å². The number of anilines is 1. The topological polar surface area (TPSA) is 80.5 Å². The van der Waals surface area contributed by atoms with Crippen molar-refractivity contribution in [1.29, 1.82) is 0 Å². The molecule has 1 aromatic heterocycles. The molecule has 0 bridgehead atoms. The molecule has 3 N–H and O–H groups in total. The molecule has 1 amide bonds. The van der Waals surface area contributed by atoms with Crippen molar-refractivity contribution in [1.82, 2.24) is 10.3 Å². The Morgan fingerprint density at radius 3 is 2.79 bits per heavy atom. The standard InChI is InChI=1S/C16H24N4O2.2ClH/c17-11-12-3-1-5-14(12)19-16(21)13-4-2-6-18-15(13)20-7-9-22-10-8-20;;/h2,4,6,12,14H,1,3,5,7-11,17H2,(H,19,21);2*1H. The molecule has 2 heterocycles. The highest BCUT2D eigenvalue weighted by Gasteiger charge is 2.29. The second-order valence-corrected chi connectivity index (χ2v) is 5.98. The SMILES string of the molecule is Cl.Cl.NCC1CCCC1NC(=O)c1cccnc1N1CCOCC1. The minimum Gasteiger partial charge on any atom is -0.378 e. The van der Waals surface area contributed by atoms with E-state index in [0.29, 0.717) is 31.2 Å². The van der Waals surface area contributed by atoms with Gasteiger partial charge in [0.25, 0.3) is 5.91 Å². The molecule has 0 spiro atoms. The Morgan fingerprint density at radius 2 is 2.08 bits per heavy atom. The summed E-state index contributed by atoms with van der Waals surface area (Å²) in [7, 11) is 0. The molecule has 8 heteroatoms. The first kappa shape index (κ1) is 21.0. The lowest BCUT2D eigenvalue weighted by atomic mass is 10.0. The smallest absolute Gasteiger partial charge is 0.255 e. The molecule has 0 radical (unpaired) electrons. The number of nitrogens with one attached hydrogen (secondary N) is 1. The molecule has 2 unspecified atom stereocenters. The van der Waals surface area contributed by atoms with Crippen LogP contribution in [0.4, 0.5) is 5.82 Å². The fourth-order valence-electron chi connectivity index (χ4n) is 3.36. The Kier molecular flexibility index (Phi) is 8.76. The van der Waals surface area contributed by atoms with E-state index in [1.807, 2.05) is 12.1 Å². The van der Waals surface area contributed by atoms with Gasteiger partial charge in [-0.05, 0) is 37.4 Å². The molecule has 1 saturated heterocycles. The molecule has 24 heavy (non-hydrogen) atoms. The molecule has 0 aromatic carbocycles. The van der Waals surface area contributed by atoms with Crippen molar-refractivity contribution in [3.63, 3.8) is 0 Å². The Bertz CT molecular complexity index is 527. The molecule has 1 aromatic rings. The van der Waals surface area contributed by atoms with Gasteiger partial charge in [0, 0.05) is 25.3 Å². The number of nitrogens with zero attached hydrogens (tertiary/aromatic N) is 2. The predicted octanol–water partition coefficient (Wildman–Crippen LogP) is 1.62. The number of morpholine rings is 1. The number of carbonyl (C=O) groups excluding carboxylic acids is 1. The molecule has 2 atom stereocenters. The first-order chi connectivity index (χ1) is 10.8. The zero-order chi connectivity index (χ0) is 15.4. The summed E-state index contributed by atoms with van der Waals surface area (Å²) in [6.07, 6.45) is 4.99. The van der Waals surface area contributed by atoms with Gasteiger partial charge in [-0.25, -0.2) is 4.98 Å². The number of nitrogens with two attached hydrogens (primary N) is 1. The number of carbonyl (C=O) groups is 1. The lowest BCUT2D eigenvalue weighted by Gasteiger charge is -2.29. The molecule has 136 valence electrons. The van der Waals surface area contributed by atoms with E-state index in [0.717, 1.165) is 38.2 Å². The Hall–Kier alpha value is -1.08. The maximum atomic E-state index is 12.7. The summed E-state index contributed by atoms with van der Waals surface area (Å²) in [6, 6.07) is 3.85. The number of hydrogen-bond donors (Lipinski definition) is 2. The zero-order valence-electron chi connectivity index (χ0n) is 13.6. The van der Waals surface area contributed by atoms with Crippen LogP contribution >= 0.6 is 24.8 Å². The van der Waals surface area contributed by atoms with E-state index in [-0.39, 0.29) is 36.8 Å². The van der Waals surface area contributed by atoms with Crippen molar-refractivity contribution in [2.24, 2.45) is 11.7 Å². The van der Waals surface area contributed by atoms with E-state index >= 15 is 0 Å². The summed E-state index contributed by atoms with van der Waals surface area (Å²) < 4.78 is 5.37. The quantitative estimate of drug-likeness (QED) is 0.834. The fraction of sp³-hybridized carbons (Fsp3) is 0.625. The fourth-order valence-corrected chi connectivity index (χ4v) is 3.36. The first-order valence-corrected chi connectivity index (χ1v) is 8.08. The van der Waals surface area contributed by atoms with Crippen LogP contribution in [-0.2, 0) is 4.74 Å². The molecule has 2 aliphatic rings. The number of halogens is 2. The van der Waals surface area contributed by atoms with Crippen LogP contribution in [0.2, 0.25) is 0 Å². The van der Waals surface area contributed by atoms with E-state index < -0.39 is 0 Å². The van der Waals surface area contributed by atoms with Gasteiger partial charge < -0.3 is 20.7 Å². The van der Waals surface area contributed by atoms with Gasteiger partial charge in [-0.2, -0.15) is 0 Å². The average Bonchev–Trinajstić information content (AvgIpc) is 3.03. The summed E-state index contributed by atoms with van der Waals surface area (Å²) in [6.45, 7) is 3.53. The van der Waals surface area contributed by atoms with Gasteiger partial charge in [-0.15, -0.1) is 24.8 Å². The summed E-state index contributed by atoms with van der Waals surface area (Å²) in [5, 5.41) is 3.16. The Morgan fingerprint density at radius 1 is 1.33 bits per heavy atom. The number of hydrogen-bond acceptors (Lipinski definition) is 5. The van der Waals surface area contributed by atoms with Crippen LogP contribution in [-0.4, -0.2) is 49.8 Å². The molecular weight excluding hydrogens is 351 g/mol. The largest absolute Gasteiger partial charge is 0.378 e. The van der Waals surface area contributed by atoms with Gasteiger partial charge in [0.15, 0.2) is 0 Å². The highest BCUT2D eigenvalue weighted by molar-refractivity contribution is 5.99. The Balaban J connectivity index is 0.00000144. The van der Waals surface area contributed by atoms with Crippen LogP contribution in [0.1, 0.15) is 29.6 Å². The highest BCUT2D eigenvalue weighted by Crippen LogP contribution is 2.26. The number of amides is 1. The maximum absolute atomic E-state index is 12.7. The molecule has 6 nitrogen and oxygen atoms in total. The van der Waals surface area contributed by atoms with Crippen LogP contribution < -0.4 is 16.0 Å². The molecule has 1 aliphatic carbocycles. The third-order valence-electron chi connectivity index (χ3n) is 4.62. The van der Waals surface area contributed by atoms with Gasteiger partial charge >= 0.3 is 0 Å². The third kappa shape index (κ3) is 4.72. The van der Waals surface area contributed by atoms with E-state index in [2.05, 4.69) is 15.2 Å². The monoisotopic (exact) mass is 376 g/mol. The summed E-state index contributed by atoms with van der Waals surface area (Å²) in [4.78, 5) is 19.2. The molecular formula is C16H26Cl2N4O2. The lowest BCUT2D eigenvalue weighted by molar-refractivity contribution is 0.0927. The number of pyridine rings is 1. The van der Waals surface area contributed by atoms with Gasteiger partial charge in [-0.1, -0.05) is 6.42 Å². The molecule has 1 saturated carbocycles. The minimum absolute atomic E-state index is 0. The van der Waals surface area contributed by atoms with Crippen LogP contribution in [0.5, 0.6) is 0 Å². The minimum atomic E-state index is -0.0417. The second kappa shape index (κ2) is 10.0. The number of rotatable bonds is 4. The third-order valence-corrected chi connectivity index (χ3v) is 4.62. The molecule has 1 aliphatic heterocycles. The van der Waals surface area contributed by atoms with Crippen molar-refractivity contribution in [2.45, 2.75) is 25.3 Å². The summed E-state index contributed by atoms with van der Waals surface area (Å²) >= 11 is 0. The van der Waals surface area contributed by atoms with Crippen LogP contribution in [0, 0.1) is 5.92 Å². The predicted molar refractivity (Wildman–Crippen MR) is 99.4 cm³/mol. The average molecular weight is 377 g/mol. The zero-order valence-corrected chi connectivity index (χ0v) is 15.3. The molecule has 3 rings (SSSR count). The first-order valence-electron chi connectivity index (χ1n) is 8.08. The summed E-state index contributed by atoms with van der Waals surface area (Å²) in [5.41, 5.74) is 6.45. The number of aromatic nitrogens is 1. The van der Waals surface area contributed by atoms with E-state index in [1.165, 1.54) is 0 Å². The van der Waals surface area contributed by atoms with Crippen molar-refractivity contribution >= 4 is 36.5 Å². The summed E-state index contributed by atoms with van der Waals surface area (Å²) in [5.74, 6) is 1.11. The lowest BCUT2D eigenvalue weighted by Crippen LogP contribution is -2.42.